The molecule has 0 bridgehead atoms. The summed E-state index contributed by atoms with van der Waals surface area (Å²) in [5, 5.41) is 10.00. The van der Waals surface area contributed by atoms with Crippen molar-refractivity contribution in [2.24, 2.45) is 0 Å². The number of aryl methyl sites for hydroxylation is 1. The summed E-state index contributed by atoms with van der Waals surface area (Å²) >= 11 is 5.91. The Hall–Kier alpha value is -0.580. The average molecular weight is 263 g/mol. The summed E-state index contributed by atoms with van der Waals surface area (Å²) in [7, 11) is -3.55. The molecule has 1 aromatic carbocycles. The first kappa shape index (κ1) is 13.5. The summed E-state index contributed by atoms with van der Waals surface area (Å²) in [6, 6.07) is 6.99. The zero-order chi connectivity index (χ0) is 12.6. The summed E-state index contributed by atoms with van der Waals surface area (Å²) in [4.78, 5) is 0. The Morgan fingerprint density at radius 1 is 1.44 bits per heavy atom. The van der Waals surface area contributed by atoms with Crippen LogP contribution in [0.15, 0.2) is 24.3 Å². The van der Waals surface area contributed by atoms with Gasteiger partial charge >= 0.3 is 0 Å². The molecule has 0 saturated heterocycles. The molecule has 0 fully saturated rings. The van der Waals surface area contributed by atoms with E-state index in [9.17, 15) is 13.5 Å². The second kappa shape index (κ2) is 4.35. The minimum absolute atomic E-state index is 0.503. The number of sulfone groups is 1. The van der Waals surface area contributed by atoms with Gasteiger partial charge in [-0.15, -0.1) is 0 Å². The molecule has 1 N–H and O–H groups in total. The van der Waals surface area contributed by atoms with E-state index in [0.29, 0.717) is 5.56 Å². The van der Waals surface area contributed by atoms with Crippen molar-refractivity contribution >= 4 is 21.4 Å². The molecule has 0 spiro atoms. The molecule has 0 aliphatic rings. The molecule has 0 aliphatic heterocycles. The first-order chi connectivity index (χ1) is 7.16. The third kappa shape index (κ3) is 2.56. The van der Waals surface area contributed by atoms with Gasteiger partial charge in [-0.25, -0.2) is 8.42 Å². The Balaban J connectivity index is 3.17. The van der Waals surface area contributed by atoms with Gasteiger partial charge in [0.15, 0.2) is 14.0 Å². The van der Waals surface area contributed by atoms with Crippen molar-refractivity contribution in [3.63, 3.8) is 0 Å². The molecule has 16 heavy (non-hydrogen) atoms. The minimum atomic E-state index is -3.55. The van der Waals surface area contributed by atoms with Gasteiger partial charge < -0.3 is 5.11 Å². The highest BCUT2D eigenvalue weighted by Gasteiger charge is 2.41. The van der Waals surface area contributed by atoms with Crippen molar-refractivity contribution in [1.82, 2.24) is 0 Å². The van der Waals surface area contributed by atoms with E-state index in [4.69, 9.17) is 11.6 Å². The lowest BCUT2D eigenvalue weighted by atomic mass is 10.0. The van der Waals surface area contributed by atoms with Crippen LogP contribution >= 0.6 is 11.6 Å². The highest BCUT2D eigenvalue weighted by Crippen LogP contribution is 2.36. The van der Waals surface area contributed by atoms with Gasteiger partial charge in [-0.05, 0) is 19.4 Å². The highest BCUT2D eigenvalue weighted by atomic mass is 35.5. The summed E-state index contributed by atoms with van der Waals surface area (Å²) in [6.07, 6.45) is -0.233. The van der Waals surface area contributed by atoms with Crippen LogP contribution in [0.3, 0.4) is 0 Å². The van der Waals surface area contributed by atoms with Crippen LogP contribution in [0.2, 0.25) is 0 Å². The quantitative estimate of drug-likeness (QED) is 0.848. The molecule has 2 atom stereocenters. The molecule has 3 nitrogen and oxygen atoms in total. The molecule has 90 valence electrons. The number of aliphatic hydroxyl groups is 1. The van der Waals surface area contributed by atoms with Crippen LogP contribution in [-0.4, -0.2) is 24.0 Å². The fraction of sp³-hybridized carbons (Fsp3) is 0.455. The SMILES string of the molecule is Cc1cccc([C@@H](O)[C@@](C)(Cl)S(C)(=O)=O)c1. The number of hydrogen-bond donors (Lipinski definition) is 1. The van der Waals surface area contributed by atoms with E-state index in [0.717, 1.165) is 11.8 Å². The third-order valence-electron chi connectivity index (χ3n) is 2.57. The number of rotatable bonds is 3. The fourth-order valence-electron chi connectivity index (χ4n) is 1.34. The van der Waals surface area contributed by atoms with Gasteiger partial charge in [0, 0.05) is 6.26 Å². The van der Waals surface area contributed by atoms with Crippen LogP contribution in [0.25, 0.3) is 0 Å². The molecule has 0 heterocycles. The predicted octanol–water partition coefficient (Wildman–Crippen LogP) is 2.03. The smallest absolute Gasteiger partial charge is 0.172 e. The molecule has 0 unspecified atom stereocenters. The van der Waals surface area contributed by atoms with Crippen molar-refractivity contribution in [3.8, 4) is 0 Å². The summed E-state index contributed by atoms with van der Waals surface area (Å²) in [6.45, 7) is 3.17. The molecule has 0 aromatic heterocycles. The van der Waals surface area contributed by atoms with Crippen molar-refractivity contribution in [1.29, 1.82) is 0 Å². The molecule has 0 radical (unpaired) electrons. The molecule has 0 amide bonds. The van der Waals surface area contributed by atoms with Gasteiger partial charge in [0.05, 0.1) is 0 Å². The lowest BCUT2D eigenvalue weighted by Gasteiger charge is -2.26. The number of halogens is 1. The number of aliphatic hydroxyl groups excluding tert-OH is 1. The van der Waals surface area contributed by atoms with Gasteiger partial charge in [0.1, 0.15) is 6.10 Å². The van der Waals surface area contributed by atoms with Crippen LogP contribution in [0.1, 0.15) is 24.2 Å². The number of alkyl halides is 1. The minimum Gasteiger partial charge on any atom is -0.385 e. The van der Waals surface area contributed by atoms with Gasteiger partial charge in [-0.3, -0.25) is 0 Å². The Morgan fingerprint density at radius 2 is 2.00 bits per heavy atom. The Morgan fingerprint density at radius 3 is 2.44 bits per heavy atom. The highest BCUT2D eigenvalue weighted by molar-refractivity contribution is 7.93. The van der Waals surface area contributed by atoms with Crippen molar-refractivity contribution < 1.29 is 13.5 Å². The largest absolute Gasteiger partial charge is 0.385 e. The van der Waals surface area contributed by atoms with E-state index in [1.165, 1.54) is 6.92 Å². The van der Waals surface area contributed by atoms with Gasteiger partial charge in [0.25, 0.3) is 0 Å². The summed E-state index contributed by atoms with van der Waals surface area (Å²) < 4.78 is 21.2. The zero-order valence-corrected chi connectivity index (χ0v) is 11.0. The van der Waals surface area contributed by atoms with Gasteiger partial charge in [-0.2, -0.15) is 0 Å². The van der Waals surface area contributed by atoms with E-state index >= 15 is 0 Å². The van der Waals surface area contributed by atoms with E-state index in [1.54, 1.807) is 18.2 Å². The van der Waals surface area contributed by atoms with Crippen molar-refractivity contribution in [3.05, 3.63) is 35.4 Å². The van der Waals surface area contributed by atoms with Gasteiger partial charge in [-0.1, -0.05) is 41.4 Å². The van der Waals surface area contributed by atoms with Crippen molar-refractivity contribution in [2.75, 3.05) is 6.26 Å². The standard InChI is InChI=1S/C11H15ClO3S/c1-8-5-4-6-9(7-8)10(13)11(2,12)16(3,14)15/h4-7,10,13H,1-3H3/t10-,11+/m1/s1. The molecule has 1 aromatic rings. The third-order valence-corrected chi connectivity index (χ3v) is 5.29. The normalized spacial score (nSPS) is 17.8. The molecule has 5 heteroatoms. The Labute approximate surface area is 101 Å². The monoisotopic (exact) mass is 262 g/mol. The van der Waals surface area contributed by atoms with Crippen LogP contribution < -0.4 is 0 Å². The molecular formula is C11H15ClO3S. The maximum absolute atomic E-state index is 11.5. The maximum atomic E-state index is 11.5. The molecular weight excluding hydrogens is 248 g/mol. The lowest BCUT2D eigenvalue weighted by Crippen LogP contribution is -2.35. The van der Waals surface area contributed by atoms with Crippen LogP contribution in [0.5, 0.6) is 0 Å². The Bertz CT molecular complexity index is 480. The molecule has 1 rings (SSSR count). The van der Waals surface area contributed by atoms with Crippen molar-refractivity contribution in [2.45, 2.75) is 24.2 Å². The van der Waals surface area contributed by atoms with E-state index in [2.05, 4.69) is 0 Å². The summed E-state index contributed by atoms with van der Waals surface area (Å²) in [5.74, 6) is 0. The maximum Gasteiger partial charge on any atom is 0.172 e. The van der Waals surface area contributed by atoms with Crippen LogP contribution in [0, 0.1) is 6.92 Å². The second-order valence-electron chi connectivity index (χ2n) is 4.07. The first-order valence-corrected chi connectivity index (χ1v) is 7.06. The zero-order valence-electron chi connectivity index (χ0n) is 9.44. The Kier molecular flexibility index (Phi) is 3.67. The van der Waals surface area contributed by atoms with E-state index in [-0.39, 0.29) is 0 Å². The lowest BCUT2D eigenvalue weighted by molar-refractivity contribution is 0.163. The van der Waals surface area contributed by atoms with E-state index < -0.39 is 20.1 Å². The fourth-order valence-corrected chi connectivity index (χ4v) is 2.01. The van der Waals surface area contributed by atoms with Crippen LogP contribution in [-0.2, 0) is 9.84 Å². The topological polar surface area (TPSA) is 54.4 Å². The second-order valence-corrected chi connectivity index (χ2v) is 7.48. The molecule has 0 aliphatic carbocycles. The first-order valence-electron chi connectivity index (χ1n) is 4.79. The average Bonchev–Trinajstić information content (AvgIpc) is 2.14. The summed E-state index contributed by atoms with van der Waals surface area (Å²) in [5.41, 5.74) is 1.44. The number of benzene rings is 1. The van der Waals surface area contributed by atoms with Gasteiger partial charge in [0.2, 0.25) is 0 Å². The van der Waals surface area contributed by atoms with Crippen LogP contribution in [0.4, 0.5) is 0 Å². The number of hydrogen-bond acceptors (Lipinski definition) is 3. The van der Waals surface area contributed by atoms with E-state index in [1.807, 2.05) is 13.0 Å². The molecule has 0 saturated carbocycles. The predicted molar refractivity (Wildman–Crippen MR) is 65.2 cm³/mol.